The Bertz CT molecular complexity index is 442. The van der Waals surface area contributed by atoms with E-state index in [2.05, 4.69) is 39.8 Å². The van der Waals surface area contributed by atoms with Gasteiger partial charge in [-0.25, -0.2) is 0 Å². The number of carbonyl (C=O) groups excluding carboxylic acids is 1. The summed E-state index contributed by atoms with van der Waals surface area (Å²) in [6.07, 6.45) is 8.34. The van der Waals surface area contributed by atoms with Gasteiger partial charge in [-0.05, 0) is 18.1 Å². The van der Waals surface area contributed by atoms with Crippen molar-refractivity contribution >= 4 is 14.3 Å². The van der Waals surface area contributed by atoms with Gasteiger partial charge < -0.3 is 13.9 Å². The molecule has 0 radical (unpaired) electrons. The number of hydrogen-bond acceptors (Lipinski definition) is 4. The Labute approximate surface area is 129 Å². The highest BCUT2D eigenvalue weighted by Gasteiger charge is 2.41. The fraction of sp³-hybridized carbons (Fsp3) is 0.688. The van der Waals surface area contributed by atoms with Gasteiger partial charge in [0.1, 0.15) is 24.9 Å². The van der Waals surface area contributed by atoms with Crippen molar-refractivity contribution in [3.05, 3.63) is 12.2 Å². The van der Waals surface area contributed by atoms with Crippen molar-refractivity contribution in [2.75, 3.05) is 6.61 Å². The molecule has 0 N–H and O–H groups in total. The van der Waals surface area contributed by atoms with Crippen molar-refractivity contribution in [1.29, 1.82) is 0 Å². The van der Waals surface area contributed by atoms with E-state index in [1.165, 1.54) is 6.92 Å². The van der Waals surface area contributed by atoms with Gasteiger partial charge in [-0.2, -0.15) is 0 Å². The zero-order valence-electron chi connectivity index (χ0n) is 13.8. The molecular formula is C16H26O4Si. The first kappa shape index (κ1) is 18.0. The average Bonchev–Trinajstić information content (AvgIpc) is 2.35. The molecule has 0 aromatic rings. The molecule has 0 saturated heterocycles. The van der Waals surface area contributed by atoms with Gasteiger partial charge in [0.2, 0.25) is 0 Å². The minimum atomic E-state index is -1.92. The van der Waals surface area contributed by atoms with E-state index in [9.17, 15) is 4.79 Å². The summed E-state index contributed by atoms with van der Waals surface area (Å²) in [5.74, 6) is 2.30. The molecule has 0 saturated carbocycles. The molecule has 0 amide bonds. The Morgan fingerprint density at radius 1 is 1.38 bits per heavy atom. The van der Waals surface area contributed by atoms with E-state index in [1.807, 2.05) is 12.2 Å². The molecule has 0 aliphatic carbocycles. The standard InChI is InChI=1S/C16H26O4Si/c1-8-14-15(20-21(6,7)16(3,4)5)10-9-13(19-14)11-18-12(2)17/h1,9-10,13-15H,11H2,2-7H3/t13-,14+,15+/m0/s1. The van der Waals surface area contributed by atoms with Gasteiger partial charge in [-0.15, -0.1) is 6.42 Å². The van der Waals surface area contributed by atoms with Crippen molar-refractivity contribution in [1.82, 2.24) is 0 Å². The predicted octanol–water partition coefficient (Wildman–Crippen LogP) is 2.90. The van der Waals surface area contributed by atoms with Gasteiger partial charge in [0.15, 0.2) is 8.32 Å². The molecule has 0 unspecified atom stereocenters. The number of esters is 1. The van der Waals surface area contributed by atoms with Crippen molar-refractivity contribution < 1.29 is 18.7 Å². The highest BCUT2D eigenvalue weighted by Crippen LogP contribution is 2.38. The van der Waals surface area contributed by atoms with E-state index in [-0.39, 0.29) is 29.8 Å². The first-order chi connectivity index (χ1) is 9.56. The molecule has 1 aliphatic heterocycles. The molecular weight excluding hydrogens is 284 g/mol. The Morgan fingerprint density at radius 2 is 2.00 bits per heavy atom. The van der Waals surface area contributed by atoms with E-state index in [4.69, 9.17) is 20.3 Å². The van der Waals surface area contributed by atoms with Crippen LogP contribution in [0.1, 0.15) is 27.7 Å². The summed E-state index contributed by atoms with van der Waals surface area (Å²) >= 11 is 0. The zero-order chi connectivity index (χ0) is 16.3. The molecule has 0 bridgehead atoms. The summed E-state index contributed by atoms with van der Waals surface area (Å²) in [5.41, 5.74) is 0. The fourth-order valence-electron chi connectivity index (χ4n) is 1.69. The minimum Gasteiger partial charge on any atom is -0.463 e. The van der Waals surface area contributed by atoms with Crippen LogP contribution in [0.2, 0.25) is 18.1 Å². The summed E-state index contributed by atoms with van der Waals surface area (Å²) in [5, 5.41) is 0.106. The zero-order valence-corrected chi connectivity index (χ0v) is 14.8. The normalized spacial score (nSPS) is 26.2. The second-order valence-corrected chi connectivity index (χ2v) is 11.5. The largest absolute Gasteiger partial charge is 0.463 e. The Balaban J connectivity index is 2.75. The molecule has 5 heteroatoms. The lowest BCUT2D eigenvalue weighted by Gasteiger charge is -2.41. The molecule has 118 valence electrons. The van der Waals surface area contributed by atoms with Gasteiger partial charge in [0.05, 0.1) is 0 Å². The molecule has 0 spiro atoms. The van der Waals surface area contributed by atoms with Crippen LogP contribution in [0, 0.1) is 12.3 Å². The van der Waals surface area contributed by atoms with E-state index < -0.39 is 14.4 Å². The molecule has 1 heterocycles. The van der Waals surface area contributed by atoms with Crippen molar-refractivity contribution in [2.24, 2.45) is 0 Å². The highest BCUT2D eigenvalue weighted by molar-refractivity contribution is 6.74. The van der Waals surface area contributed by atoms with E-state index in [0.717, 1.165) is 0 Å². The molecule has 21 heavy (non-hydrogen) atoms. The van der Waals surface area contributed by atoms with Crippen LogP contribution in [-0.2, 0) is 18.7 Å². The number of carbonyl (C=O) groups is 1. The Hall–Kier alpha value is -1.09. The number of hydrogen-bond donors (Lipinski definition) is 0. The number of rotatable bonds is 4. The summed E-state index contributed by atoms with van der Waals surface area (Å²) in [7, 11) is -1.92. The lowest BCUT2D eigenvalue weighted by atomic mass is 10.1. The number of terminal acetylenes is 1. The third-order valence-electron chi connectivity index (χ3n) is 3.99. The Morgan fingerprint density at radius 3 is 2.48 bits per heavy atom. The summed E-state index contributed by atoms with van der Waals surface area (Å²) in [4.78, 5) is 10.8. The van der Waals surface area contributed by atoms with Gasteiger partial charge in [-0.1, -0.05) is 38.8 Å². The summed E-state index contributed by atoms with van der Waals surface area (Å²) < 4.78 is 17.0. The second kappa shape index (κ2) is 6.78. The molecule has 1 rings (SSSR count). The summed E-state index contributed by atoms with van der Waals surface area (Å²) in [6.45, 7) is 12.5. The highest BCUT2D eigenvalue weighted by atomic mass is 28.4. The van der Waals surface area contributed by atoms with Crippen molar-refractivity contribution in [3.63, 3.8) is 0 Å². The van der Waals surface area contributed by atoms with Crippen molar-refractivity contribution in [2.45, 2.75) is 64.1 Å². The molecule has 4 nitrogen and oxygen atoms in total. The SMILES string of the molecule is C#C[C@H]1O[C@H](COC(C)=O)C=C[C@H]1O[Si](C)(C)C(C)(C)C. The van der Waals surface area contributed by atoms with Crippen LogP contribution >= 0.6 is 0 Å². The van der Waals surface area contributed by atoms with Crippen LogP contribution in [0.15, 0.2) is 12.2 Å². The van der Waals surface area contributed by atoms with Crippen LogP contribution < -0.4 is 0 Å². The molecule has 3 atom stereocenters. The lowest BCUT2D eigenvalue weighted by Crippen LogP contribution is -2.48. The van der Waals surface area contributed by atoms with Gasteiger partial charge in [0.25, 0.3) is 0 Å². The minimum absolute atomic E-state index is 0.106. The third-order valence-corrected chi connectivity index (χ3v) is 8.46. The fourth-order valence-corrected chi connectivity index (χ4v) is 2.93. The van der Waals surface area contributed by atoms with Crippen LogP contribution in [0.4, 0.5) is 0 Å². The average molecular weight is 310 g/mol. The third kappa shape index (κ3) is 4.99. The van der Waals surface area contributed by atoms with Crippen LogP contribution in [0.25, 0.3) is 0 Å². The van der Waals surface area contributed by atoms with E-state index in [1.54, 1.807) is 0 Å². The smallest absolute Gasteiger partial charge is 0.302 e. The monoisotopic (exact) mass is 310 g/mol. The number of ether oxygens (including phenoxy) is 2. The van der Waals surface area contributed by atoms with E-state index in [0.29, 0.717) is 0 Å². The summed E-state index contributed by atoms with van der Waals surface area (Å²) in [6, 6.07) is 0. The predicted molar refractivity (Wildman–Crippen MR) is 85.3 cm³/mol. The van der Waals surface area contributed by atoms with Gasteiger partial charge in [-0.3, -0.25) is 4.79 Å². The van der Waals surface area contributed by atoms with Gasteiger partial charge in [0, 0.05) is 6.92 Å². The molecule has 1 aliphatic rings. The Kier molecular flexibility index (Phi) is 5.80. The first-order valence-electron chi connectivity index (χ1n) is 7.18. The van der Waals surface area contributed by atoms with Crippen LogP contribution in [0.5, 0.6) is 0 Å². The molecule has 0 fully saturated rings. The molecule has 0 aromatic carbocycles. The van der Waals surface area contributed by atoms with Crippen molar-refractivity contribution in [3.8, 4) is 12.3 Å². The quantitative estimate of drug-likeness (QED) is 0.347. The lowest BCUT2D eigenvalue weighted by molar-refractivity contribution is -0.145. The van der Waals surface area contributed by atoms with Crippen LogP contribution in [-0.4, -0.2) is 39.2 Å². The molecule has 0 aromatic heterocycles. The maximum Gasteiger partial charge on any atom is 0.302 e. The maximum absolute atomic E-state index is 10.8. The van der Waals surface area contributed by atoms with Crippen LogP contribution in [0.3, 0.4) is 0 Å². The second-order valence-electron chi connectivity index (χ2n) is 6.79. The topological polar surface area (TPSA) is 44.8 Å². The first-order valence-corrected chi connectivity index (χ1v) is 10.1. The van der Waals surface area contributed by atoms with E-state index >= 15 is 0 Å². The maximum atomic E-state index is 10.8. The van der Waals surface area contributed by atoms with Gasteiger partial charge >= 0.3 is 5.97 Å².